The standard InChI is InChI=1S/C9H15NOS/c1-3-7(2)6-8(11)9-10-4-5-12-9/h4-5,7-8,11H,3,6H2,1-2H3. The van der Waals surface area contributed by atoms with Crippen LogP contribution in [0.5, 0.6) is 0 Å². The monoisotopic (exact) mass is 185 g/mol. The molecule has 0 bridgehead atoms. The molecule has 0 aliphatic rings. The van der Waals surface area contributed by atoms with Crippen LogP contribution in [0.2, 0.25) is 0 Å². The van der Waals surface area contributed by atoms with Gasteiger partial charge in [-0.3, -0.25) is 0 Å². The van der Waals surface area contributed by atoms with E-state index in [1.54, 1.807) is 6.20 Å². The molecule has 0 aliphatic heterocycles. The van der Waals surface area contributed by atoms with Crippen LogP contribution < -0.4 is 0 Å². The van der Waals surface area contributed by atoms with Crippen LogP contribution in [0, 0.1) is 5.92 Å². The molecule has 0 amide bonds. The molecule has 0 fully saturated rings. The Morgan fingerprint density at radius 2 is 2.42 bits per heavy atom. The quantitative estimate of drug-likeness (QED) is 0.782. The maximum atomic E-state index is 9.66. The largest absolute Gasteiger partial charge is 0.386 e. The smallest absolute Gasteiger partial charge is 0.121 e. The van der Waals surface area contributed by atoms with Crippen molar-refractivity contribution >= 4 is 11.3 Å². The van der Waals surface area contributed by atoms with Gasteiger partial charge in [-0.2, -0.15) is 0 Å². The predicted octanol–water partition coefficient (Wildman–Crippen LogP) is 2.61. The van der Waals surface area contributed by atoms with Crippen LogP contribution >= 0.6 is 11.3 Å². The molecule has 1 N–H and O–H groups in total. The van der Waals surface area contributed by atoms with Crippen LogP contribution in [0.1, 0.15) is 37.8 Å². The number of aromatic nitrogens is 1. The third-order valence-corrected chi connectivity index (χ3v) is 2.94. The van der Waals surface area contributed by atoms with Crippen molar-refractivity contribution in [3.05, 3.63) is 16.6 Å². The van der Waals surface area contributed by atoms with Crippen molar-refractivity contribution in [2.75, 3.05) is 0 Å². The summed E-state index contributed by atoms with van der Waals surface area (Å²) in [6, 6.07) is 0. The molecule has 3 heteroatoms. The summed E-state index contributed by atoms with van der Waals surface area (Å²) in [5.41, 5.74) is 0. The highest BCUT2D eigenvalue weighted by molar-refractivity contribution is 7.09. The molecule has 0 aromatic carbocycles. The lowest BCUT2D eigenvalue weighted by molar-refractivity contribution is 0.146. The van der Waals surface area contributed by atoms with Gasteiger partial charge in [0.15, 0.2) is 0 Å². The van der Waals surface area contributed by atoms with Crippen molar-refractivity contribution in [3.63, 3.8) is 0 Å². The minimum atomic E-state index is -0.361. The number of hydrogen-bond donors (Lipinski definition) is 1. The van der Waals surface area contributed by atoms with E-state index in [-0.39, 0.29) is 6.10 Å². The fourth-order valence-corrected chi connectivity index (χ4v) is 1.68. The van der Waals surface area contributed by atoms with Crippen LogP contribution in [0.25, 0.3) is 0 Å². The second-order valence-electron chi connectivity index (χ2n) is 3.14. The molecule has 2 atom stereocenters. The molecule has 68 valence electrons. The predicted molar refractivity (Wildman–Crippen MR) is 51.1 cm³/mol. The molecule has 0 radical (unpaired) electrons. The number of rotatable bonds is 4. The minimum absolute atomic E-state index is 0.361. The van der Waals surface area contributed by atoms with Crippen molar-refractivity contribution in [1.29, 1.82) is 0 Å². The van der Waals surface area contributed by atoms with Crippen LogP contribution in [0.4, 0.5) is 0 Å². The van der Waals surface area contributed by atoms with Crippen LogP contribution in [0.3, 0.4) is 0 Å². The van der Waals surface area contributed by atoms with Gasteiger partial charge in [0.1, 0.15) is 11.1 Å². The molecule has 12 heavy (non-hydrogen) atoms. The summed E-state index contributed by atoms with van der Waals surface area (Å²) in [5, 5.41) is 12.4. The van der Waals surface area contributed by atoms with Crippen molar-refractivity contribution in [1.82, 2.24) is 4.98 Å². The van der Waals surface area contributed by atoms with Gasteiger partial charge in [0, 0.05) is 11.6 Å². The van der Waals surface area contributed by atoms with E-state index in [1.807, 2.05) is 5.38 Å². The van der Waals surface area contributed by atoms with Crippen molar-refractivity contribution < 1.29 is 5.11 Å². The Morgan fingerprint density at radius 3 is 2.92 bits per heavy atom. The van der Waals surface area contributed by atoms with Crippen LogP contribution in [0.15, 0.2) is 11.6 Å². The summed E-state index contributed by atoms with van der Waals surface area (Å²) >= 11 is 1.52. The van der Waals surface area contributed by atoms with Crippen LogP contribution in [-0.2, 0) is 0 Å². The Balaban J connectivity index is 2.44. The van der Waals surface area contributed by atoms with E-state index < -0.39 is 0 Å². The molecule has 1 aromatic heterocycles. The van der Waals surface area contributed by atoms with Crippen molar-refractivity contribution in [2.45, 2.75) is 32.8 Å². The topological polar surface area (TPSA) is 33.1 Å². The third-order valence-electron chi connectivity index (χ3n) is 2.06. The SMILES string of the molecule is CCC(C)CC(O)c1nccs1. The summed E-state index contributed by atoms with van der Waals surface area (Å²) in [4.78, 5) is 4.07. The lowest BCUT2D eigenvalue weighted by Gasteiger charge is -2.11. The number of hydrogen-bond acceptors (Lipinski definition) is 3. The first kappa shape index (κ1) is 9.68. The zero-order valence-electron chi connectivity index (χ0n) is 7.53. The third kappa shape index (κ3) is 2.57. The fourth-order valence-electron chi connectivity index (χ4n) is 1.05. The normalized spacial score (nSPS) is 15.9. The molecule has 0 aliphatic carbocycles. The zero-order chi connectivity index (χ0) is 8.97. The van der Waals surface area contributed by atoms with E-state index in [0.717, 1.165) is 17.8 Å². The van der Waals surface area contributed by atoms with Gasteiger partial charge in [0.25, 0.3) is 0 Å². The van der Waals surface area contributed by atoms with Crippen molar-refractivity contribution in [3.8, 4) is 0 Å². The van der Waals surface area contributed by atoms with E-state index in [2.05, 4.69) is 18.8 Å². The average Bonchev–Trinajstić information content (AvgIpc) is 2.56. The van der Waals surface area contributed by atoms with Gasteiger partial charge in [-0.05, 0) is 12.3 Å². The molecule has 2 unspecified atom stereocenters. The van der Waals surface area contributed by atoms with Gasteiger partial charge in [-0.25, -0.2) is 4.98 Å². The van der Waals surface area contributed by atoms with E-state index >= 15 is 0 Å². The molecule has 0 saturated heterocycles. The van der Waals surface area contributed by atoms with E-state index in [4.69, 9.17) is 0 Å². The second-order valence-corrected chi connectivity index (χ2v) is 4.06. The van der Waals surface area contributed by atoms with Gasteiger partial charge in [-0.15, -0.1) is 11.3 Å². The molecule has 0 spiro atoms. The summed E-state index contributed by atoms with van der Waals surface area (Å²) in [5.74, 6) is 0.573. The summed E-state index contributed by atoms with van der Waals surface area (Å²) in [6.07, 6.45) is 3.31. The first-order chi connectivity index (χ1) is 5.74. The highest BCUT2D eigenvalue weighted by atomic mass is 32.1. The Morgan fingerprint density at radius 1 is 1.67 bits per heavy atom. The molecule has 1 aromatic rings. The first-order valence-corrected chi connectivity index (χ1v) is 5.19. The van der Waals surface area contributed by atoms with Gasteiger partial charge in [-0.1, -0.05) is 20.3 Å². The Kier molecular flexibility index (Phi) is 3.69. The van der Waals surface area contributed by atoms with Crippen molar-refractivity contribution in [2.24, 2.45) is 5.92 Å². The number of thiazole rings is 1. The highest BCUT2D eigenvalue weighted by Gasteiger charge is 2.12. The number of nitrogens with zero attached hydrogens (tertiary/aromatic N) is 1. The lowest BCUT2D eigenvalue weighted by atomic mass is 10.0. The van der Waals surface area contributed by atoms with Gasteiger partial charge in [0.2, 0.25) is 0 Å². The van der Waals surface area contributed by atoms with E-state index in [9.17, 15) is 5.11 Å². The van der Waals surface area contributed by atoms with Gasteiger partial charge >= 0.3 is 0 Å². The number of aliphatic hydroxyl groups excluding tert-OH is 1. The molecule has 1 rings (SSSR count). The van der Waals surface area contributed by atoms with E-state index in [0.29, 0.717) is 5.92 Å². The van der Waals surface area contributed by atoms with Gasteiger partial charge in [0.05, 0.1) is 0 Å². The fraction of sp³-hybridized carbons (Fsp3) is 0.667. The lowest BCUT2D eigenvalue weighted by Crippen LogP contribution is -2.02. The molecule has 2 nitrogen and oxygen atoms in total. The van der Waals surface area contributed by atoms with Crippen LogP contribution in [-0.4, -0.2) is 10.1 Å². The zero-order valence-corrected chi connectivity index (χ0v) is 8.34. The summed E-state index contributed by atoms with van der Waals surface area (Å²) < 4.78 is 0. The first-order valence-electron chi connectivity index (χ1n) is 4.31. The summed E-state index contributed by atoms with van der Waals surface area (Å²) in [6.45, 7) is 4.29. The molecule has 1 heterocycles. The Bertz CT molecular complexity index is 210. The molecular weight excluding hydrogens is 170 g/mol. The maximum absolute atomic E-state index is 9.66. The number of aliphatic hydroxyl groups is 1. The summed E-state index contributed by atoms with van der Waals surface area (Å²) in [7, 11) is 0. The maximum Gasteiger partial charge on any atom is 0.121 e. The molecule has 0 saturated carbocycles. The van der Waals surface area contributed by atoms with Gasteiger partial charge < -0.3 is 5.11 Å². The Hall–Kier alpha value is -0.410. The highest BCUT2D eigenvalue weighted by Crippen LogP contribution is 2.23. The average molecular weight is 185 g/mol. The van der Waals surface area contributed by atoms with E-state index in [1.165, 1.54) is 11.3 Å². The minimum Gasteiger partial charge on any atom is -0.386 e. The Labute approximate surface area is 77.3 Å². The molecular formula is C9H15NOS. The second kappa shape index (κ2) is 4.58.